The third-order valence-corrected chi connectivity index (χ3v) is 4.34. The summed E-state index contributed by atoms with van der Waals surface area (Å²) in [6, 6.07) is 14.2. The van der Waals surface area contributed by atoms with Crippen molar-refractivity contribution in [3.8, 4) is 0 Å². The van der Waals surface area contributed by atoms with E-state index >= 15 is 0 Å². The molecule has 132 valence electrons. The van der Waals surface area contributed by atoms with Gasteiger partial charge in [0, 0.05) is 21.7 Å². The van der Waals surface area contributed by atoms with Gasteiger partial charge in [0.15, 0.2) is 5.84 Å². The molecule has 6 heteroatoms. The highest BCUT2D eigenvalue weighted by molar-refractivity contribution is 6.44. The lowest BCUT2D eigenvalue weighted by Gasteiger charge is -2.15. The van der Waals surface area contributed by atoms with Crippen LogP contribution in [0.5, 0.6) is 0 Å². The molecule has 0 aliphatic carbocycles. The molecule has 0 atom stereocenters. The zero-order valence-electron chi connectivity index (χ0n) is 14.2. The van der Waals surface area contributed by atoms with Gasteiger partial charge in [-0.2, -0.15) is 5.10 Å². The highest BCUT2D eigenvalue weighted by atomic mass is 35.5. The minimum Gasteiger partial charge on any atom is -0.336 e. The predicted octanol–water partition coefficient (Wildman–Crippen LogP) is 5.84. The minimum absolute atomic E-state index is 0.0265. The van der Waals surface area contributed by atoms with E-state index in [0.29, 0.717) is 10.0 Å². The predicted molar refractivity (Wildman–Crippen MR) is 107 cm³/mol. The summed E-state index contributed by atoms with van der Waals surface area (Å²) in [7, 11) is 0. The quantitative estimate of drug-likeness (QED) is 0.362. The van der Waals surface area contributed by atoms with Crippen LogP contribution in [0.1, 0.15) is 26.7 Å². The summed E-state index contributed by atoms with van der Waals surface area (Å²) in [5.41, 5.74) is 4.41. The first-order valence-corrected chi connectivity index (χ1v) is 8.95. The molecular weight excluding hydrogens is 357 g/mol. The summed E-state index contributed by atoms with van der Waals surface area (Å²) >= 11 is 11.8. The van der Waals surface area contributed by atoms with E-state index in [0.717, 1.165) is 24.2 Å². The van der Waals surface area contributed by atoms with Crippen LogP contribution in [0.2, 0.25) is 10.0 Å². The molecular formula is C19H21Cl2N3O. The van der Waals surface area contributed by atoms with Crippen LogP contribution in [0.4, 0.5) is 11.4 Å². The second-order valence-corrected chi connectivity index (χ2v) is 6.46. The van der Waals surface area contributed by atoms with Gasteiger partial charge < -0.3 is 5.32 Å². The monoisotopic (exact) mass is 377 g/mol. The average Bonchev–Trinajstić information content (AvgIpc) is 2.62. The topological polar surface area (TPSA) is 53.5 Å². The summed E-state index contributed by atoms with van der Waals surface area (Å²) in [5.74, 6) is 0.165. The zero-order valence-corrected chi connectivity index (χ0v) is 15.7. The molecule has 0 amide bonds. The first-order valence-electron chi connectivity index (χ1n) is 8.19. The zero-order chi connectivity index (χ0) is 18.2. The molecule has 0 fully saturated rings. The highest BCUT2D eigenvalue weighted by Gasteiger charge is 2.21. The summed E-state index contributed by atoms with van der Waals surface area (Å²) in [6.07, 6.45) is 1.52. The molecule has 0 spiro atoms. The van der Waals surface area contributed by atoms with Gasteiger partial charge in [-0.25, -0.2) is 0 Å². The number of hydrazone groups is 1. The number of halogens is 2. The van der Waals surface area contributed by atoms with E-state index in [1.54, 1.807) is 48.5 Å². The summed E-state index contributed by atoms with van der Waals surface area (Å²) in [4.78, 5) is 12.8. The van der Waals surface area contributed by atoms with Gasteiger partial charge in [-0.05, 0) is 61.4 Å². The molecule has 0 bridgehead atoms. The maximum atomic E-state index is 12.8. The van der Waals surface area contributed by atoms with Crippen molar-refractivity contribution in [2.75, 3.05) is 10.7 Å². The number of rotatable bonds is 7. The number of nitrogens with one attached hydrogen (secondary N) is 2. The van der Waals surface area contributed by atoms with Crippen LogP contribution in [-0.4, -0.2) is 11.6 Å². The summed E-state index contributed by atoms with van der Waals surface area (Å²) in [6.45, 7) is 4.00. The van der Waals surface area contributed by atoms with Crippen molar-refractivity contribution in [2.45, 2.75) is 26.7 Å². The van der Waals surface area contributed by atoms with Gasteiger partial charge in [-0.3, -0.25) is 10.2 Å². The van der Waals surface area contributed by atoms with Crippen LogP contribution in [-0.2, 0) is 4.79 Å². The molecule has 0 saturated carbocycles. The van der Waals surface area contributed by atoms with Crippen molar-refractivity contribution in [3.05, 3.63) is 58.6 Å². The second-order valence-electron chi connectivity index (χ2n) is 5.59. The van der Waals surface area contributed by atoms with Crippen molar-refractivity contribution >= 4 is 46.2 Å². The van der Waals surface area contributed by atoms with E-state index in [1.165, 1.54) is 0 Å². The molecule has 2 rings (SSSR count). The van der Waals surface area contributed by atoms with Gasteiger partial charge in [-0.15, -0.1) is 0 Å². The number of ketones is 1. The Bertz CT molecular complexity index is 723. The number of hydrogen-bond acceptors (Lipinski definition) is 3. The Labute approximate surface area is 158 Å². The molecule has 0 radical (unpaired) electrons. The molecule has 2 aromatic rings. The Balaban J connectivity index is 2.23. The number of nitrogens with zero attached hydrogens (tertiary/aromatic N) is 1. The standard InChI is InChI=1S/C19H21Cl2N3O/c1-3-13(4-2)18(25)19(22-16-9-5-14(20)6-10-16)24-23-17-11-7-15(21)8-12-17/h5-13,23H,3-4H2,1-2H3,(H,22,24). The fraction of sp³-hybridized carbons (Fsp3) is 0.263. The molecule has 2 N–H and O–H groups in total. The fourth-order valence-corrected chi connectivity index (χ4v) is 2.56. The van der Waals surface area contributed by atoms with Crippen LogP contribution in [0, 0.1) is 5.92 Å². The number of carbonyl (C=O) groups excluding carboxylic acids is 1. The molecule has 0 unspecified atom stereocenters. The van der Waals surface area contributed by atoms with Crippen LogP contribution in [0.15, 0.2) is 53.6 Å². The first kappa shape index (κ1) is 19.3. The van der Waals surface area contributed by atoms with Crippen molar-refractivity contribution < 1.29 is 4.79 Å². The van der Waals surface area contributed by atoms with Gasteiger partial charge in [0.25, 0.3) is 0 Å². The van der Waals surface area contributed by atoms with Crippen molar-refractivity contribution in [2.24, 2.45) is 11.0 Å². The molecule has 0 aliphatic rings. The van der Waals surface area contributed by atoms with Crippen molar-refractivity contribution in [3.63, 3.8) is 0 Å². The van der Waals surface area contributed by atoms with Crippen LogP contribution >= 0.6 is 23.2 Å². The highest BCUT2D eigenvalue weighted by Crippen LogP contribution is 2.17. The smallest absolute Gasteiger partial charge is 0.202 e. The molecule has 0 saturated heterocycles. The Morgan fingerprint density at radius 1 is 0.920 bits per heavy atom. The lowest BCUT2D eigenvalue weighted by atomic mass is 9.97. The van der Waals surface area contributed by atoms with Gasteiger partial charge in [0.2, 0.25) is 5.78 Å². The Kier molecular flexibility index (Phi) is 7.29. The first-order chi connectivity index (χ1) is 12.0. The van der Waals surface area contributed by atoms with E-state index in [2.05, 4.69) is 15.8 Å². The number of anilines is 2. The van der Waals surface area contributed by atoms with Crippen LogP contribution in [0.25, 0.3) is 0 Å². The fourth-order valence-electron chi connectivity index (χ4n) is 2.31. The third-order valence-electron chi connectivity index (χ3n) is 3.84. The average molecular weight is 378 g/mol. The maximum absolute atomic E-state index is 12.8. The number of amidine groups is 1. The second kappa shape index (κ2) is 9.44. The summed E-state index contributed by atoms with van der Waals surface area (Å²) in [5, 5.41) is 8.65. The van der Waals surface area contributed by atoms with E-state index in [-0.39, 0.29) is 17.5 Å². The van der Waals surface area contributed by atoms with Gasteiger partial charge in [0.05, 0.1) is 5.69 Å². The minimum atomic E-state index is -0.0782. The molecule has 0 heterocycles. The Hall–Kier alpha value is -2.04. The lowest BCUT2D eigenvalue weighted by molar-refractivity contribution is -0.116. The molecule has 0 aromatic heterocycles. The Morgan fingerprint density at radius 3 is 1.88 bits per heavy atom. The number of carbonyl (C=O) groups is 1. The van der Waals surface area contributed by atoms with Crippen molar-refractivity contribution in [1.29, 1.82) is 0 Å². The van der Waals surface area contributed by atoms with Crippen LogP contribution < -0.4 is 10.7 Å². The SMILES string of the molecule is CCC(CC)C(=O)/C(=N/Nc1ccc(Cl)cc1)Nc1ccc(Cl)cc1. The van der Waals surface area contributed by atoms with Gasteiger partial charge in [-0.1, -0.05) is 37.0 Å². The maximum Gasteiger partial charge on any atom is 0.202 e. The molecule has 25 heavy (non-hydrogen) atoms. The lowest BCUT2D eigenvalue weighted by Crippen LogP contribution is -2.30. The molecule has 4 nitrogen and oxygen atoms in total. The third kappa shape index (κ3) is 5.76. The van der Waals surface area contributed by atoms with Gasteiger partial charge in [0.1, 0.15) is 0 Å². The number of hydrogen-bond donors (Lipinski definition) is 2. The molecule has 0 aliphatic heterocycles. The van der Waals surface area contributed by atoms with Crippen molar-refractivity contribution in [1.82, 2.24) is 0 Å². The Morgan fingerprint density at radius 2 is 1.40 bits per heavy atom. The van der Waals surface area contributed by atoms with E-state index in [9.17, 15) is 4.79 Å². The summed E-state index contributed by atoms with van der Waals surface area (Å²) < 4.78 is 0. The van der Waals surface area contributed by atoms with Crippen LogP contribution in [0.3, 0.4) is 0 Å². The van der Waals surface area contributed by atoms with E-state index < -0.39 is 0 Å². The normalized spacial score (nSPS) is 11.5. The molecule has 2 aromatic carbocycles. The van der Waals surface area contributed by atoms with E-state index in [4.69, 9.17) is 23.2 Å². The largest absolute Gasteiger partial charge is 0.336 e. The number of Topliss-reactive ketones (excluding diaryl/α,β-unsaturated/α-hetero) is 1. The van der Waals surface area contributed by atoms with Gasteiger partial charge >= 0.3 is 0 Å². The number of benzene rings is 2. The van der Waals surface area contributed by atoms with E-state index in [1.807, 2.05) is 13.8 Å².